The first-order valence-corrected chi connectivity index (χ1v) is 15.3. The molecule has 12 nitrogen and oxygen atoms in total. The van der Waals surface area contributed by atoms with Crippen LogP contribution in [-0.4, -0.2) is 45.6 Å². The SMILES string of the molecule is C[C@@H](O)[C@H]1C(=O)N2C(C(=O)OCc3ccc([N+](=O)[O-])cc3)=C(/C=C/COc3ccc(COc4ccc5ccc(=O)oc5c4)cc3)[C@H](C)[C@H]12. The van der Waals surface area contributed by atoms with Gasteiger partial charge in [0.15, 0.2) is 0 Å². The maximum atomic E-state index is 13.3. The van der Waals surface area contributed by atoms with Crippen LogP contribution in [0, 0.1) is 22.0 Å². The first-order valence-electron chi connectivity index (χ1n) is 15.3. The first kappa shape index (κ1) is 32.2. The summed E-state index contributed by atoms with van der Waals surface area (Å²) in [6.45, 7) is 3.79. The van der Waals surface area contributed by atoms with E-state index in [0.29, 0.717) is 34.8 Å². The number of ether oxygens (including phenoxy) is 3. The predicted molar refractivity (Wildman–Crippen MR) is 173 cm³/mol. The third-order valence-corrected chi connectivity index (χ3v) is 8.50. The maximum Gasteiger partial charge on any atom is 0.355 e. The number of carbonyl (C=O) groups is 2. The Morgan fingerprint density at radius 3 is 2.35 bits per heavy atom. The smallest absolute Gasteiger partial charge is 0.355 e. The van der Waals surface area contributed by atoms with Gasteiger partial charge in [-0.1, -0.05) is 25.1 Å². The second kappa shape index (κ2) is 13.5. The highest BCUT2D eigenvalue weighted by atomic mass is 16.6. The molecule has 2 aliphatic heterocycles. The lowest BCUT2D eigenvalue weighted by Gasteiger charge is -2.46. The summed E-state index contributed by atoms with van der Waals surface area (Å²) >= 11 is 0. The van der Waals surface area contributed by atoms with Crippen LogP contribution >= 0.6 is 0 Å². The minimum absolute atomic E-state index is 0.0782. The van der Waals surface area contributed by atoms with Gasteiger partial charge >= 0.3 is 11.6 Å². The monoisotopic (exact) mass is 652 g/mol. The molecule has 48 heavy (non-hydrogen) atoms. The molecule has 4 atom stereocenters. The van der Waals surface area contributed by atoms with Crippen LogP contribution in [0.3, 0.4) is 0 Å². The Morgan fingerprint density at radius 1 is 0.979 bits per heavy atom. The Morgan fingerprint density at radius 2 is 1.65 bits per heavy atom. The maximum absolute atomic E-state index is 13.3. The number of nitro groups is 1. The van der Waals surface area contributed by atoms with Crippen LogP contribution in [0.4, 0.5) is 5.69 Å². The van der Waals surface area contributed by atoms with E-state index in [0.717, 1.165) is 10.9 Å². The van der Waals surface area contributed by atoms with Crippen LogP contribution in [0.1, 0.15) is 25.0 Å². The summed E-state index contributed by atoms with van der Waals surface area (Å²) in [5.74, 6) is -0.756. The molecular weight excluding hydrogens is 620 g/mol. The van der Waals surface area contributed by atoms with E-state index in [4.69, 9.17) is 18.6 Å². The van der Waals surface area contributed by atoms with Gasteiger partial charge in [-0.15, -0.1) is 0 Å². The summed E-state index contributed by atoms with van der Waals surface area (Å²) in [6.07, 6.45) is 2.61. The van der Waals surface area contributed by atoms with Crippen molar-refractivity contribution in [2.45, 2.75) is 39.2 Å². The molecule has 1 aromatic heterocycles. The van der Waals surface area contributed by atoms with Crippen molar-refractivity contribution in [3.05, 3.63) is 134 Å². The first-order chi connectivity index (χ1) is 23.1. The molecule has 2 aliphatic rings. The lowest BCUT2D eigenvalue weighted by molar-refractivity contribution is -0.384. The molecule has 3 heterocycles. The highest BCUT2D eigenvalue weighted by molar-refractivity contribution is 6.01. The van der Waals surface area contributed by atoms with Crippen molar-refractivity contribution in [3.8, 4) is 11.5 Å². The lowest BCUT2D eigenvalue weighted by atomic mass is 9.78. The number of hydrogen-bond donors (Lipinski definition) is 1. The number of benzene rings is 3. The number of esters is 1. The van der Waals surface area contributed by atoms with Gasteiger partial charge in [0.1, 0.15) is 42.6 Å². The molecule has 3 aromatic carbocycles. The Hall–Kier alpha value is -5.75. The van der Waals surface area contributed by atoms with Crippen molar-refractivity contribution in [2.24, 2.45) is 11.8 Å². The average Bonchev–Trinajstić information content (AvgIpc) is 3.32. The van der Waals surface area contributed by atoms with E-state index in [-0.39, 0.29) is 42.5 Å². The van der Waals surface area contributed by atoms with Crippen LogP contribution < -0.4 is 15.1 Å². The quantitative estimate of drug-likeness (QED) is 0.0720. The van der Waals surface area contributed by atoms with Gasteiger partial charge in [0.2, 0.25) is 5.91 Å². The van der Waals surface area contributed by atoms with Gasteiger partial charge in [0.05, 0.1) is 23.0 Å². The van der Waals surface area contributed by atoms with Gasteiger partial charge in [0.25, 0.3) is 5.69 Å². The zero-order valence-corrected chi connectivity index (χ0v) is 26.1. The van der Waals surface area contributed by atoms with Crippen molar-refractivity contribution < 1.29 is 38.2 Å². The van der Waals surface area contributed by atoms with E-state index in [1.807, 2.05) is 37.3 Å². The van der Waals surface area contributed by atoms with Crippen LogP contribution in [-0.2, 0) is 27.5 Å². The molecule has 0 radical (unpaired) electrons. The Kier molecular flexibility index (Phi) is 9.08. The summed E-state index contributed by atoms with van der Waals surface area (Å²) in [5, 5.41) is 22.0. The molecule has 1 saturated heterocycles. The topological polar surface area (TPSA) is 159 Å². The summed E-state index contributed by atoms with van der Waals surface area (Å²) in [7, 11) is 0. The van der Waals surface area contributed by atoms with Crippen LogP contribution in [0.5, 0.6) is 11.5 Å². The largest absolute Gasteiger partial charge is 0.490 e. The number of aliphatic hydroxyl groups is 1. The number of non-ortho nitro benzene ring substituents is 1. The summed E-state index contributed by atoms with van der Waals surface area (Å²) in [4.78, 5) is 49.6. The predicted octanol–water partition coefficient (Wildman–Crippen LogP) is 5.07. The van der Waals surface area contributed by atoms with Crippen molar-refractivity contribution in [1.82, 2.24) is 4.90 Å². The van der Waals surface area contributed by atoms with E-state index >= 15 is 0 Å². The molecule has 0 aliphatic carbocycles. The lowest BCUT2D eigenvalue weighted by Crippen LogP contribution is -2.63. The van der Waals surface area contributed by atoms with E-state index in [2.05, 4.69) is 0 Å². The zero-order chi connectivity index (χ0) is 33.9. The molecule has 246 valence electrons. The molecule has 0 spiro atoms. The Bertz CT molecular complexity index is 1980. The van der Waals surface area contributed by atoms with Crippen molar-refractivity contribution in [2.75, 3.05) is 6.61 Å². The zero-order valence-electron chi connectivity index (χ0n) is 26.1. The normalized spacial score (nSPS) is 19.3. The standard InChI is InChI=1S/C36H32N2O10/c1-21-29(34(37-33(21)32(22(2)39)35(37)41)36(42)47-20-23-5-11-26(12-6-23)38(43)44)4-3-17-45-27-13-7-24(8-14-27)19-46-28-15-9-25-10-16-31(40)48-30(25)18-28/h3-16,18,21-22,32-33,39H,17,19-20H2,1-2H3/b4-3+/t21-,22+,32+,33+/m0/s1. The number of β-lactam (4-membered cyclic amide) rings is 1. The van der Waals surface area contributed by atoms with Gasteiger partial charge in [-0.2, -0.15) is 0 Å². The number of carbonyl (C=O) groups excluding carboxylic acids is 2. The summed E-state index contributed by atoms with van der Waals surface area (Å²) in [6, 6.07) is 21.0. The van der Waals surface area contributed by atoms with Crippen molar-refractivity contribution in [3.63, 3.8) is 0 Å². The molecule has 1 fully saturated rings. The van der Waals surface area contributed by atoms with E-state index in [1.165, 1.54) is 35.2 Å². The number of allylic oxidation sites excluding steroid dienone is 1. The van der Waals surface area contributed by atoms with Crippen LogP contribution in [0.15, 0.2) is 111 Å². The number of nitro benzene ring substituents is 1. The number of rotatable bonds is 12. The molecule has 0 bridgehead atoms. The number of hydrogen-bond acceptors (Lipinski definition) is 10. The number of aliphatic hydroxyl groups excluding tert-OH is 1. The Labute approximate surface area is 274 Å². The number of amides is 1. The molecule has 1 N–H and O–H groups in total. The fourth-order valence-electron chi connectivity index (χ4n) is 6.03. The van der Waals surface area contributed by atoms with Gasteiger partial charge in [-0.25, -0.2) is 9.59 Å². The van der Waals surface area contributed by atoms with Gasteiger partial charge in [0, 0.05) is 35.6 Å². The fraction of sp³-hybridized carbons (Fsp3) is 0.250. The second-order valence-electron chi connectivity index (χ2n) is 11.7. The highest BCUT2D eigenvalue weighted by Crippen LogP contribution is 2.47. The van der Waals surface area contributed by atoms with Crippen molar-refractivity contribution in [1.29, 1.82) is 0 Å². The summed E-state index contributed by atoms with van der Waals surface area (Å²) < 4.78 is 22.5. The van der Waals surface area contributed by atoms with E-state index < -0.39 is 28.5 Å². The van der Waals surface area contributed by atoms with Crippen molar-refractivity contribution >= 4 is 28.5 Å². The number of nitrogens with zero attached hydrogens (tertiary/aromatic N) is 2. The molecule has 6 rings (SSSR count). The molecular formula is C36H32N2O10. The molecule has 0 unspecified atom stereocenters. The summed E-state index contributed by atoms with van der Waals surface area (Å²) in [5.41, 5.74) is 2.11. The Balaban J connectivity index is 1.08. The minimum atomic E-state index is -0.881. The van der Waals surface area contributed by atoms with Crippen LogP contribution in [0.2, 0.25) is 0 Å². The van der Waals surface area contributed by atoms with Gasteiger partial charge in [-0.3, -0.25) is 14.9 Å². The van der Waals surface area contributed by atoms with E-state index in [1.54, 1.807) is 37.3 Å². The van der Waals surface area contributed by atoms with Gasteiger partial charge in [-0.05, 0) is 72.2 Å². The second-order valence-corrected chi connectivity index (χ2v) is 11.7. The molecule has 1 amide bonds. The molecule has 12 heteroatoms. The average molecular weight is 653 g/mol. The van der Waals surface area contributed by atoms with E-state index in [9.17, 15) is 29.6 Å². The molecule has 0 saturated carbocycles. The molecule has 4 aromatic rings. The minimum Gasteiger partial charge on any atom is -0.490 e. The van der Waals surface area contributed by atoms with Crippen LogP contribution in [0.25, 0.3) is 11.0 Å². The third-order valence-electron chi connectivity index (χ3n) is 8.50. The van der Waals surface area contributed by atoms with Gasteiger partial charge < -0.3 is 28.6 Å². The number of fused-ring (bicyclic) bond motifs is 2. The third kappa shape index (κ3) is 6.56. The highest BCUT2D eigenvalue weighted by Gasteiger charge is 2.59. The fourth-order valence-corrected chi connectivity index (χ4v) is 6.03.